The van der Waals surface area contributed by atoms with Gasteiger partial charge in [0.05, 0.1) is 0 Å². The number of aromatic nitrogens is 3. The molecule has 0 saturated carbocycles. The summed E-state index contributed by atoms with van der Waals surface area (Å²) in [5.74, 6) is 0.232. The number of phenolic OH excluding ortho intramolecular Hbond substituents is 1. The van der Waals surface area contributed by atoms with E-state index >= 15 is 0 Å². The number of nitrogens with one attached hydrogen (secondary N) is 1. The maximum Gasteiger partial charge on any atom is 0.155 e. The van der Waals surface area contributed by atoms with Crippen LogP contribution in [0.4, 0.5) is 0 Å². The third-order valence-corrected chi connectivity index (χ3v) is 4.31. The molecule has 0 aliphatic heterocycles. The van der Waals surface area contributed by atoms with Gasteiger partial charge in [0.2, 0.25) is 0 Å². The zero-order valence-electron chi connectivity index (χ0n) is 15.2. The molecule has 0 amide bonds. The Morgan fingerprint density at radius 2 is 1.33 bits per heavy atom. The molecule has 0 unspecified atom stereocenters. The predicted octanol–water partition coefficient (Wildman–Crippen LogP) is 4.93. The lowest BCUT2D eigenvalue weighted by molar-refractivity contribution is 0.440. The zero-order chi connectivity index (χ0) is 17.7. The van der Waals surface area contributed by atoms with E-state index in [1.54, 1.807) is 0 Å². The van der Waals surface area contributed by atoms with E-state index in [1.165, 1.54) is 0 Å². The average Bonchev–Trinajstić information content (AvgIpc) is 2.95. The molecule has 0 aliphatic rings. The molecule has 126 valence electrons. The summed E-state index contributed by atoms with van der Waals surface area (Å²) in [5, 5.41) is 22.2. The summed E-state index contributed by atoms with van der Waals surface area (Å²) in [6.45, 7) is 12.9. The van der Waals surface area contributed by atoms with Crippen LogP contribution in [0.2, 0.25) is 0 Å². The van der Waals surface area contributed by atoms with Crippen LogP contribution in [0.1, 0.15) is 52.7 Å². The summed E-state index contributed by atoms with van der Waals surface area (Å²) in [5.41, 5.74) is 5.09. The van der Waals surface area contributed by atoms with E-state index in [0.29, 0.717) is 5.52 Å². The van der Waals surface area contributed by atoms with Gasteiger partial charge in [-0.05, 0) is 22.0 Å². The molecule has 0 saturated heterocycles. The van der Waals surface area contributed by atoms with E-state index in [2.05, 4.69) is 69.1 Å². The number of fused-ring (bicyclic) bond motifs is 1. The number of phenols is 1. The van der Waals surface area contributed by atoms with Gasteiger partial charge >= 0.3 is 0 Å². The second-order valence-corrected chi connectivity index (χ2v) is 8.36. The fourth-order valence-corrected chi connectivity index (χ4v) is 3.42. The van der Waals surface area contributed by atoms with E-state index in [4.69, 9.17) is 0 Å². The van der Waals surface area contributed by atoms with Gasteiger partial charge in [0.25, 0.3) is 0 Å². The molecule has 1 heterocycles. The number of hydrogen-bond acceptors (Lipinski definition) is 3. The molecule has 2 N–H and O–H groups in total. The molecule has 24 heavy (non-hydrogen) atoms. The summed E-state index contributed by atoms with van der Waals surface area (Å²) >= 11 is 0. The van der Waals surface area contributed by atoms with Gasteiger partial charge in [-0.15, -0.1) is 0 Å². The van der Waals surface area contributed by atoms with E-state index in [9.17, 15) is 5.11 Å². The monoisotopic (exact) mass is 323 g/mol. The van der Waals surface area contributed by atoms with Crippen LogP contribution in [0.5, 0.6) is 5.75 Å². The molecular formula is C20H25N3O. The highest BCUT2D eigenvalue weighted by Crippen LogP contribution is 2.48. The minimum absolute atomic E-state index is 0.154. The van der Waals surface area contributed by atoms with Gasteiger partial charge in [0.1, 0.15) is 11.3 Å². The highest BCUT2D eigenvalue weighted by Gasteiger charge is 2.34. The molecule has 0 aliphatic carbocycles. The maximum atomic E-state index is 11.0. The first-order valence-corrected chi connectivity index (χ1v) is 8.28. The van der Waals surface area contributed by atoms with Crippen LogP contribution in [-0.4, -0.2) is 20.5 Å². The average molecular weight is 323 g/mol. The molecule has 4 heteroatoms. The largest absolute Gasteiger partial charge is 0.505 e. The van der Waals surface area contributed by atoms with Gasteiger partial charge in [0, 0.05) is 11.1 Å². The van der Waals surface area contributed by atoms with Gasteiger partial charge in [-0.25, -0.2) is 0 Å². The van der Waals surface area contributed by atoms with Crippen molar-refractivity contribution in [3.05, 3.63) is 41.5 Å². The zero-order valence-corrected chi connectivity index (χ0v) is 15.2. The van der Waals surface area contributed by atoms with Crippen LogP contribution in [0, 0.1) is 0 Å². The minimum Gasteiger partial charge on any atom is -0.505 e. The number of aromatic amines is 1. The molecule has 0 spiro atoms. The molecule has 0 atom stereocenters. The third kappa shape index (κ3) is 2.56. The van der Waals surface area contributed by atoms with Gasteiger partial charge in [-0.1, -0.05) is 71.9 Å². The number of nitrogens with zero attached hydrogens (tertiary/aromatic N) is 2. The summed E-state index contributed by atoms with van der Waals surface area (Å²) in [6, 6.07) is 10.2. The number of benzene rings is 2. The summed E-state index contributed by atoms with van der Waals surface area (Å²) in [4.78, 5) is 0. The van der Waals surface area contributed by atoms with Crippen LogP contribution in [0.15, 0.2) is 30.3 Å². The number of rotatable bonds is 1. The van der Waals surface area contributed by atoms with Crippen molar-refractivity contribution in [2.75, 3.05) is 0 Å². The van der Waals surface area contributed by atoms with E-state index in [0.717, 1.165) is 27.8 Å². The fraction of sp³-hybridized carbons (Fsp3) is 0.400. The van der Waals surface area contributed by atoms with Crippen LogP contribution < -0.4 is 0 Å². The molecule has 0 radical (unpaired) electrons. The Labute approximate surface area is 142 Å². The Morgan fingerprint density at radius 3 is 1.88 bits per heavy atom. The third-order valence-electron chi connectivity index (χ3n) is 4.31. The Kier molecular flexibility index (Phi) is 3.67. The maximum absolute atomic E-state index is 11.0. The van der Waals surface area contributed by atoms with Crippen LogP contribution >= 0.6 is 0 Å². The van der Waals surface area contributed by atoms with Crippen molar-refractivity contribution >= 4 is 11.0 Å². The minimum atomic E-state index is -0.219. The summed E-state index contributed by atoms with van der Waals surface area (Å²) in [6.07, 6.45) is 0. The van der Waals surface area contributed by atoms with E-state index < -0.39 is 0 Å². The molecule has 1 aromatic heterocycles. The molecule has 3 aromatic rings. The molecule has 0 bridgehead atoms. The SMILES string of the molecule is CC(C)(C)c1c(C(C)(C)C)c(-c2ccccc2)c2n[nH]nc2c1O. The highest BCUT2D eigenvalue weighted by molar-refractivity contribution is 5.99. The lowest BCUT2D eigenvalue weighted by Crippen LogP contribution is -2.23. The van der Waals surface area contributed by atoms with Gasteiger partial charge < -0.3 is 5.11 Å². The first-order valence-electron chi connectivity index (χ1n) is 8.28. The number of hydrogen-bond donors (Lipinski definition) is 2. The first-order chi connectivity index (χ1) is 11.1. The smallest absolute Gasteiger partial charge is 0.155 e. The van der Waals surface area contributed by atoms with Crippen LogP contribution in [0.3, 0.4) is 0 Å². The van der Waals surface area contributed by atoms with Crippen molar-refractivity contribution in [1.82, 2.24) is 15.4 Å². The number of aromatic hydroxyl groups is 1. The molecule has 4 nitrogen and oxygen atoms in total. The Bertz CT molecular complexity index is 881. The Hall–Kier alpha value is -2.36. The van der Waals surface area contributed by atoms with Crippen molar-refractivity contribution in [3.8, 4) is 16.9 Å². The van der Waals surface area contributed by atoms with Crippen molar-refractivity contribution in [1.29, 1.82) is 0 Å². The molecule has 0 fully saturated rings. The number of H-pyrrole nitrogens is 1. The topological polar surface area (TPSA) is 61.8 Å². The highest BCUT2D eigenvalue weighted by atomic mass is 16.3. The fourth-order valence-electron chi connectivity index (χ4n) is 3.42. The quantitative estimate of drug-likeness (QED) is 0.668. The van der Waals surface area contributed by atoms with Crippen molar-refractivity contribution in [2.24, 2.45) is 0 Å². The van der Waals surface area contributed by atoms with Gasteiger partial charge in [-0.3, -0.25) is 0 Å². The van der Waals surface area contributed by atoms with E-state index in [-0.39, 0.29) is 16.6 Å². The second-order valence-electron chi connectivity index (χ2n) is 8.36. The lowest BCUT2D eigenvalue weighted by atomic mass is 9.71. The standard InChI is InChI=1S/C20H25N3O/c1-19(2,3)14-13(12-10-8-7-9-11-12)16-17(22-23-21-16)18(24)15(14)20(4,5)6/h7-11,24H,1-6H3,(H,21,22,23). The second kappa shape index (κ2) is 5.33. The molecular weight excluding hydrogens is 298 g/mol. The summed E-state index contributed by atoms with van der Waals surface area (Å²) < 4.78 is 0. The molecule has 3 rings (SSSR count). The van der Waals surface area contributed by atoms with Gasteiger partial charge in [-0.2, -0.15) is 15.4 Å². The first kappa shape index (κ1) is 16.5. The van der Waals surface area contributed by atoms with Crippen LogP contribution in [-0.2, 0) is 10.8 Å². The van der Waals surface area contributed by atoms with Crippen LogP contribution in [0.25, 0.3) is 22.2 Å². The van der Waals surface area contributed by atoms with Gasteiger partial charge in [0.15, 0.2) is 5.52 Å². The van der Waals surface area contributed by atoms with Crippen molar-refractivity contribution in [2.45, 2.75) is 52.4 Å². The molecule has 2 aromatic carbocycles. The Morgan fingerprint density at radius 1 is 0.792 bits per heavy atom. The van der Waals surface area contributed by atoms with Crippen molar-refractivity contribution in [3.63, 3.8) is 0 Å². The lowest BCUT2D eigenvalue weighted by Gasteiger charge is -2.33. The Balaban J connectivity index is 2.58. The van der Waals surface area contributed by atoms with Crippen molar-refractivity contribution < 1.29 is 5.11 Å². The predicted molar refractivity (Wildman–Crippen MR) is 98.4 cm³/mol. The summed E-state index contributed by atoms with van der Waals surface area (Å²) in [7, 11) is 0. The van der Waals surface area contributed by atoms with E-state index in [1.807, 2.05) is 18.2 Å². The normalized spacial score (nSPS) is 12.8.